The number of benzene rings is 1. The summed E-state index contributed by atoms with van der Waals surface area (Å²) in [5.41, 5.74) is 0.920. The van der Waals surface area contributed by atoms with Crippen molar-refractivity contribution in [3.05, 3.63) is 56.4 Å². The van der Waals surface area contributed by atoms with Gasteiger partial charge < -0.3 is 5.11 Å². The third-order valence-electron chi connectivity index (χ3n) is 3.96. The largest absolute Gasteiger partial charge is 0.480 e. The highest BCUT2D eigenvalue weighted by Gasteiger charge is 2.37. The molecule has 2 unspecified atom stereocenters. The van der Waals surface area contributed by atoms with Crippen molar-refractivity contribution >= 4 is 33.2 Å². The molecule has 1 aromatic heterocycles. The lowest BCUT2D eigenvalue weighted by molar-refractivity contribution is -0.142. The van der Waals surface area contributed by atoms with Gasteiger partial charge in [0.25, 0.3) is 0 Å². The van der Waals surface area contributed by atoms with E-state index in [1.807, 2.05) is 17.0 Å². The van der Waals surface area contributed by atoms with E-state index in [9.17, 15) is 14.3 Å². The molecule has 0 saturated carbocycles. The van der Waals surface area contributed by atoms with Crippen LogP contribution in [0.2, 0.25) is 0 Å². The van der Waals surface area contributed by atoms with Gasteiger partial charge in [-0.05, 0) is 58.6 Å². The fourth-order valence-electron chi connectivity index (χ4n) is 3.00. The summed E-state index contributed by atoms with van der Waals surface area (Å²) in [6.07, 6.45) is 1.51. The smallest absolute Gasteiger partial charge is 0.320 e. The van der Waals surface area contributed by atoms with Gasteiger partial charge in [0.15, 0.2) is 0 Å². The molecule has 0 bridgehead atoms. The molecule has 0 radical (unpaired) electrons. The number of carbonyl (C=O) groups is 1. The van der Waals surface area contributed by atoms with Gasteiger partial charge in [-0.1, -0.05) is 12.1 Å². The van der Waals surface area contributed by atoms with Crippen LogP contribution in [0.25, 0.3) is 0 Å². The minimum atomic E-state index is -0.791. The number of hydrogen-bond acceptors (Lipinski definition) is 3. The zero-order valence-electron chi connectivity index (χ0n) is 11.7. The van der Waals surface area contributed by atoms with Crippen molar-refractivity contribution in [1.82, 2.24) is 4.90 Å². The Balaban J connectivity index is 2.03. The molecule has 2 aromatic rings. The minimum Gasteiger partial charge on any atom is -0.480 e. The van der Waals surface area contributed by atoms with Crippen molar-refractivity contribution in [2.24, 2.45) is 0 Å². The van der Waals surface area contributed by atoms with Gasteiger partial charge in [-0.25, -0.2) is 4.39 Å². The van der Waals surface area contributed by atoms with Crippen LogP contribution in [0.4, 0.5) is 4.39 Å². The SMILES string of the molecule is O=C(O)C1CCCN1C(c1ccc(F)cc1)c1ccc(Br)s1. The molecule has 0 aliphatic carbocycles. The van der Waals surface area contributed by atoms with Gasteiger partial charge in [0.2, 0.25) is 0 Å². The van der Waals surface area contributed by atoms with Crippen LogP contribution in [0.5, 0.6) is 0 Å². The fraction of sp³-hybridized carbons (Fsp3) is 0.312. The van der Waals surface area contributed by atoms with Crippen LogP contribution in [0, 0.1) is 5.82 Å². The lowest BCUT2D eigenvalue weighted by Gasteiger charge is -2.31. The summed E-state index contributed by atoms with van der Waals surface area (Å²) in [5.74, 6) is -1.08. The molecule has 1 saturated heterocycles. The molecule has 2 atom stereocenters. The van der Waals surface area contributed by atoms with E-state index >= 15 is 0 Å². The molecule has 0 amide bonds. The molecule has 3 rings (SSSR count). The van der Waals surface area contributed by atoms with Crippen LogP contribution in [0.15, 0.2) is 40.2 Å². The number of nitrogens with zero attached hydrogens (tertiary/aromatic N) is 1. The van der Waals surface area contributed by atoms with Gasteiger partial charge >= 0.3 is 5.97 Å². The summed E-state index contributed by atoms with van der Waals surface area (Å²) in [6.45, 7) is 0.731. The number of carboxylic acid groups (broad SMARTS) is 1. The Hall–Kier alpha value is -1.24. The molecule has 22 heavy (non-hydrogen) atoms. The molecule has 3 nitrogen and oxygen atoms in total. The average molecular weight is 384 g/mol. The summed E-state index contributed by atoms with van der Waals surface area (Å²) >= 11 is 5.04. The number of halogens is 2. The van der Waals surface area contributed by atoms with E-state index in [1.165, 1.54) is 12.1 Å². The summed E-state index contributed by atoms with van der Waals surface area (Å²) in [7, 11) is 0. The molecular formula is C16H15BrFNO2S. The van der Waals surface area contributed by atoms with E-state index in [2.05, 4.69) is 15.9 Å². The maximum atomic E-state index is 13.2. The molecule has 116 valence electrons. The van der Waals surface area contributed by atoms with Crippen molar-refractivity contribution in [2.45, 2.75) is 24.9 Å². The van der Waals surface area contributed by atoms with Crippen molar-refractivity contribution < 1.29 is 14.3 Å². The predicted octanol–water partition coefficient (Wildman–Crippen LogP) is 4.29. The molecule has 1 aliphatic heterocycles. The number of carboxylic acids is 1. The number of likely N-dealkylation sites (tertiary alicyclic amines) is 1. The zero-order chi connectivity index (χ0) is 15.7. The number of aliphatic carboxylic acids is 1. The van der Waals surface area contributed by atoms with Crippen LogP contribution in [-0.4, -0.2) is 28.6 Å². The summed E-state index contributed by atoms with van der Waals surface area (Å²) in [6, 6.07) is 9.66. The number of thiophene rings is 1. The third kappa shape index (κ3) is 3.09. The van der Waals surface area contributed by atoms with Gasteiger partial charge in [-0.3, -0.25) is 9.69 Å². The van der Waals surface area contributed by atoms with Crippen LogP contribution < -0.4 is 0 Å². The topological polar surface area (TPSA) is 40.5 Å². The van der Waals surface area contributed by atoms with E-state index in [-0.39, 0.29) is 11.9 Å². The molecule has 6 heteroatoms. The lowest BCUT2D eigenvalue weighted by Crippen LogP contribution is -2.39. The molecule has 1 N–H and O–H groups in total. The number of hydrogen-bond donors (Lipinski definition) is 1. The van der Waals surface area contributed by atoms with E-state index in [1.54, 1.807) is 23.5 Å². The van der Waals surface area contributed by atoms with E-state index in [0.29, 0.717) is 6.42 Å². The standard InChI is InChI=1S/C16H15BrFNO2S/c17-14-8-7-13(22-14)15(10-3-5-11(18)6-4-10)19-9-1-2-12(19)16(20)21/h3-8,12,15H,1-2,9H2,(H,20,21). The Bertz CT molecular complexity index is 673. The van der Waals surface area contributed by atoms with Gasteiger partial charge in [-0.15, -0.1) is 11.3 Å². The average Bonchev–Trinajstić information content (AvgIpc) is 3.11. The Kier molecular flexibility index (Phi) is 4.61. The zero-order valence-corrected chi connectivity index (χ0v) is 14.1. The lowest BCUT2D eigenvalue weighted by atomic mass is 10.0. The van der Waals surface area contributed by atoms with Gasteiger partial charge in [0, 0.05) is 11.4 Å². The van der Waals surface area contributed by atoms with Crippen molar-refractivity contribution in [3.63, 3.8) is 0 Å². The van der Waals surface area contributed by atoms with Gasteiger partial charge in [-0.2, -0.15) is 0 Å². The fourth-order valence-corrected chi connectivity index (χ4v) is 4.58. The minimum absolute atomic E-state index is 0.152. The maximum Gasteiger partial charge on any atom is 0.320 e. The van der Waals surface area contributed by atoms with E-state index < -0.39 is 12.0 Å². The second-order valence-corrected chi connectivity index (χ2v) is 7.82. The summed E-state index contributed by atoms with van der Waals surface area (Å²) in [4.78, 5) is 14.6. The van der Waals surface area contributed by atoms with E-state index in [4.69, 9.17) is 0 Å². The first-order valence-corrected chi connectivity index (χ1v) is 8.66. The highest BCUT2D eigenvalue weighted by Crippen LogP contribution is 2.39. The molecule has 1 aromatic carbocycles. The highest BCUT2D eigenvalue weighted by atomic mass is 79.9. The number of rotatable bonds is 4. The summed E-state index contributed by atoms with van der Waals surface area (Å²) in [5, 5.41) is 9.47. The first kappa shape index (κ1) is 15.6. The van der Waals surface area contributed by atoms with Gasteiger partial charge in [0.1, 0.15) is 11.9 Å². The molecule has 0 spiro atoms. The third-order valence-corrected chi connectivity index (χ3v) is 5.64. The first-order chi connectivity index (χ1) is 10.6. The van der Waals surface area contributed by atoms with E-state index in [0.717, 1.165) is 27.2 Å². The maximum absolute atomic E-state index is 13.2. The first-order valence-electron chi connectivity index (χ1n) is 7.05. The Morgan fingerprint density at radius 1 is 1.32 bits per heavy atom. The predicted molar refractivity (Wildman–Crippen MR) is 87.6 cm³/mol. The Morgan fingerprint density at radius 2 is 2.05 bits per heavy atom. The highest BCUT2D eigenvalue weighted by molar-refractivity contribution is 9.11. The second-order valence-electron chi connectivity index (χ2n) is 5.33. The quantitative estimate of drug-likeness (QED) is 0.855. The Labute approximate surface area is 140 Å². The monoisotopic (exact) mass is 383 g/mol. The van der Waals surface area contributed by atoms with Crippen molar-refractivity contribution in [1.29, 1.82) is 0 Å². The summed E-state index contributed by atoms with van der Waals surface area (Å²) < 4.78 is 14.2. The van der Waals surface area contributed by atoms with Crippen LogP contribution in [0.3, 0.4) is 0 Å². The van der Waals surface area contributed by atoms with Gasteiger partial charge in [0.05, 0.1) is 9.83 Å². The Morgan fingerprint density at radius 3 is 2.64 bits per heavy atom. The second kappa shape index (κ2) is 6.48. The van der Waals surface area contributed by atoms with Crippen molar-refractivity contribution in [2.75, 3.05) is 6.54 Å². The molecule has 1 aliphatic rings. The molecule has 1 fully saturated rings. The van der Waals surface area contributed by atoms with Crippen LogP contribution >= 0.6 is 27.3 Å². The van der Waals surface area contributed by atoms with Crippen LogP contribution in [0.1, 0.15) is 29.3 Å². The van der Waals surface area contributed by atoms with Crippen molar-refractivity contribution in [3.8, 4) is 0 Å². The molecule has 2 heterocycles. The molecular weight excluding hydrogens is 369 g/mol. The normalized spacial score (nSPS) is 20.2. The van der Waals surface area contributed by atoms with Crippen LogP contribution in [-0.2, 0) is 4.79 Å².